The van der Waals surface area contributed by atoms with Crippen molar-refractivity contribution < 1.29 is 97.4 Å². The molecule has 2 aromatic carbocycles. The van der Waals surface area contributed by atoms with Crippen LogP contribution in [0.3, 0.4) is 0 Å². The normalized spacial score (nSPS) is 22.0. The molecule has 14 atom stereocenters. The SMILES string of the molecule is CC[C@H](C)CCCCCCCCCC[C@@H](O)CC(=O)N[C@@H](CCC(=O)O)C(=O)N[C@H](CCCN)C(=O)NC1Cc2ccc(cc2)OC(=O)[C@@H]([C@@H](C)CC)NC(=O)C(Cc2ccc(O)cc2)NC(=O)[C@@H](CCC(N)=O)NC(=O)C2CCCN2C(=O)[C@H](C(C)C)NC(=O)[C@@H](CCC(=O)O)NC(=O)[C@@H]([C@@H](C)O)NC1=O. The number of phenols is 1. The first-order chi connectivity index (χ1) is 50.7. The molecule has 2 aromatic rings. The summed E-state index contributed by atoms with van der Waals surface area (Å²) in [5, 5.41) is 74.6. The van der Waals surface area contributed by atoms with Gasteiger partial charge < -0.3 is 94.5 Å². The van der Waals surface area contributed by atoms with Crippen molar-refractivity contribution in [1.29, 1.82) is 0 Å². The first-order valence-electron chi connectivity index (χ1n) is 37.6. The molecule has 3 aliphatic heterocycles. The lowest BCUT2D eigenvalue weighted by Crippen LogP contribution is -2.62. The molecular weight excluding hydrogens is 1390 g/mol. The summed E-state index contributed by atoms with van der Waals surface area (Å²) in [6.45, 7) is 12.0. The molecule has 3 aliphatic rings. The van der Waals surface area contributed by atoms with Crippen LogP contribution in [0.15, 0.2) is 48.5 Å². The van der Waals surface area contributed by atoms with Crippen molar-refractivity contribution in [2.45, 2.75) is 282 Å². The summed E-state index contributed by atoms with van der Waals surface area (Å²) < 4.78 is 5.84. The summed E-state index contributed by atoms with van der Waals surface area (Å²) in [5.41, 5.74) is 12.1. The highest BCUT2D eigenvalue weighted by Crippen LogP contribution is 2.24. The van der Waals surface area contributed by atoms with Gasteiger partial charge >= 0.3 is 17.9 Å². The number of carboxylic acids is 2. The van der Waals surface area contributed by atoms with E-state index in [2.05, 4.69) is 61.7 Å². The van der Waals surface area contributed by atoms with Gasteiger partial charge in [0, 0.05) is 38.6 Å². The Morgan fingerprint density at radius 1 is 0.589 bits per heavy atom. The van der Waals surface area contributed by atoms with Crippen LogP contribution in [0.4, 0.5) is 0 Å². The number of carbonyl (C=O) groups excluding carboxylic acids is 12. The van der Waals surface area contributed by atoms with Gasteiger partial charge in [-0.3, -0.25) is 62.3 Å². The first kappa shape index (κ1) is 90.1. The number of aliphatic hydroxyl groups excluding tert-OH is 2. The summed E-state index contributed by atoms with van der Waals surface area (Å²) in [5.74, 6) is -15.4. The largest absolute Gasteiger partial charge is 0.508 e. The number of ether oxygens (including phenoxy) is 1. The van der Waals surface area contributed by atoms with Gasteiger partial charge in [0.1, 0.15) is 71.9 Å². The van der Waals surface area contributed by atoms with Gasteiger partial charge in [-0.25, -0.2) is 4.79 Å². The third kappa shape index (κ3) is 32.0. The molecule has 2 bridgehead atoms. The zero-order valence-corrected chi connectivity index (χ0v) is 62.8. The highest BCUT2D eigenvalue weighted by atomic mass is 16.5. The Morgan fingerprint density at radius 2 is 1.14 bits per heavy atom. The minimum atomic E-state index is -1.99. The van der Waals surface area contributed by atoms with Crippen molar-refractivity contribution in [3.8, 4) is 11.5 Å². The molecule has 32 nitrogen and oxygen atoms in total. The van der Waals surface area contributed by atoms with Gasteiger partial charge in [-0.05, 0) is 118 Å². The van der Waals surface area contributed by atoms with E-state index in [1.807, 2.05) is 0 Å². The molecule has 107 heavy (non-hydrogen) atoms. The number of phenolic OH excluding ortho intramolecular Hbond substituents is 1. The van der Waals surface area contributed by atoms with Crippen molar-refractivity contribution >= 4 is 82.9 Å². The van der Waals surface area contributed by atoms with E-state index in [1.165, 1.54) is 74.2 Å². The second kappa shape index (κ2) is 46.7. The molecule has 3 unspecified atom stereocenters. The summed E-state index contributed by atoms with van der Waals surface area (Å²) in [4.78, 5) is 196. The first-order valence-corrected chi connectivity index (χ1v) is 37.6. The molecule has 1 saturated heterocycles. The van der Waals surface area contributed by atoms with E-state index in [4.69, 9.17) is 16.2 Å². The third-order valence-corrected chi connectivity index (χ3v) is 19.4. The predicted octanol–water partition coefficient (Wildman–Crippen LogP) is 1.97. The second-order valence-corrected chi connectivity index (χ2v) is 28.7. The Labute approximate surface area is 625 Å². The van der Waals surface area contributed by atoms with Crippen molar-refractivity contribution in [1.82, 2.24) is 52.8 Å². The number of rotatable bonds is 37. The monoisotopic (exact) mass is 1500 g/mol. The predicted molar refractivity (Wildman–Crippen MR) is 392 cm³/mol. The number of fused-ring (bicyclic) bond motifs is 23. The minimum absolute atomic E-state index is 0.0236. The molecule has 0 radical (unpaired) electrons. The van der Waals surface area contributed by atoms with Gasteiger partial charge in [0.25, 0.3) is 0 Å². The van der Waals surface area contributed by atoms with Crippen molar-refractivity contribution in [2.24, 2.45) is 29.2 Å². The maximum atomic E-state index is 14.9. The van der Waals surface area contributed by atoms with E-state index in [0.717, 1.165) is 49.8 Å². The highest BCUT2D eigenvalue weighted by Gasteiger charge is 2.43. The summed E-state index contributed by atoms with van der Waals surface area (Å²) in [6.07, 6.45) is 3.99. The van der Waals surface area contributed by atoms with Gasteiger partial charge in [-0.15, -0.1) is 0 Å². The quantitative estimate of drug-likeness (QED) is 0.0199. The van der Waals surface area contributed by atoms with Crippen molar-refractivity contribution in [3.05, 3.63) is 59.7 Å². The number of primary amides is 1. The van der Waals surface area contributed by atoms with Crippen LogP contribution < -0.4 is 64.1 Å². The number of nitrogens with two attached hydrogens (primary N) is 2. The zero-order valence-electron chi connectivity index (χ0n) is 62.8. The van der Waals surface area contributed by atoms with Gasteiger partial charge in [0.15, 0.2) is 0 Å². The summed E-state index contributed by atoms with van der Waals surface area (Å²) >= 11 is 0. The van der Waals surface area contributed by atoms with E-state index < -0.39 is 219 Å². The Balaban J connectivity index is 1.77. The van der Waals surface area contributed by atoms with Crippen LogP contribution in [0.1, 0.15) is 207 Å². The molecule has 32 heteroatoms. The van der Waals surface area contributed by atoms with Crippen LogP contribution in [0.2, 0.25) is 0 Å². The Hall–Kier alpha value is -9.30. The molecule has 0 aliphatic carbocycles. The van der Waals surface area contributed by atoms with Crippen LogP contribution in [-0.4, -0.2) is 199 Å². The average Bonchev–Trinajstić information content (AvgIpc) is 1.76. The number of esters is 1. The molecular formula is C75H116N12O20. The lowest BCUT2D eigenvalue weighted by Gasteiger charge is -2.32. The molecule has 18 N–H and O–H groups in total. The van der Waals surface area contributed by atoms with Crippen molar-refractivity contribution in [2.75, 3.05) is 13.1 Å². The standard InChI is InChI=1S/C75H116N12O20/c1-8-44(5)20-16-14-12-10-11-13-15-17-21-50(90)42-60(92)78-53(33-36-61(93)94)67(98)79-52(22-18-38-76)66(97)82-57-41-48-26-30-51(31-27-48)107-75(106)64(45(6)9-2)85-70(101)56(40-47-24-28-49(89)29-25-47)83-68(99)54(32-35-59(77)91)80-72(103)58-23-19-39-87(58)74(105)63(43(3)4)84-69(100)55(34-37-62(95)96)81-73(104)65(46(7)88)86-71(57)102/h24-31,43-46,50,52-58,63-65,88-90H,8-23,32-42,76H2,1-7H3,(H2,77,91)(H,78,92)(H,79,98)(H,80,103)(H,81,104)(H,82,97)(H,83,99)(H,84,100)(H,85,101)(H,86,102)(H,93,94)(H,95,96)/t44-,45-,46+,50+,52+,53-,54+,55+,56?,57?,58?,63-,64+,65+/m0/s1. The molecule has 0 saturated carbocycles. The Morgan fingerprint density at radius 3 is 1.72 bits per heavy atom. The molecule has 1 fully saturated rings. The average molecular weight is 1510 g/mol. The number of unbranched alkanes of at least 4 members (excludes halogenated alkanes) is 7. The number of aliphatic hydroxyl groups is 2. The van der Waals surface area contributed by atoms with Crippen LogP contribution in [0.25, 0.3) is 0 Å². The summed E-state index contributed by atoms with van der Waals surface area (Å²) in [6, 6.07) is -4.88. The number of benzene rings is 2. The zero-order chi connectivity index (χ0) is 79.4. The molecule has 11 amide bonds. The fraction of sp³-hybridized carbons (Fsp3) is 0.653. The van der Waals surface area contributed by atoms with Crippen molar-refractivity contribution in [3.63, 3.8) is 0 Å². The summed E-state index contributed by atoms with van der Waals surface area (Å²) in [7, 11) is 0. The molecule has 0 aromatic heterocycles. The molecule has 3 heterocycles. The van der Waals surface area contributed by atoms with Gasteiger partial charge in [0.05, 0.1) is 18.6 Å². The number of hydrogen-bond acceptors (Lipinski definition) is 19. The number of aliphatic carboxylic acids is 2. The number of amides is 11. The maximum Gasteiger partial charge on any atom is 0.334 e. The van der Waals surface area contributed by atoms with E-state index in [9.17, 15) is 92.7 Å². The van der Waals surface area contributed by atoms with E-state index >= 15 is 0 Å². The van der Waals surface area contributed by atoms with Gasteiger partial charge in [-0.2, -0.15) is 0 Å². The minimum Gasteiger partial charge on any atom is -0.508 e. The van der Waals surface area contributed by atoms with Crippen LogP contribution in [0.5, 0.6) is 11.5 Å². The smallest absolute Gasteiger partial charge is 0.334 e. The van der Waals surface area contributed by atoms with E-state index in [-0.39, 0.29) is 62.3 Å². The molecule has 5 rings (SSSR count). The lowest BCUT2D eigenvalue weighted by atomic mass is 9.97. The number of nitrogens with one attached hydrogen (secondary N) is 9. The number of carboxylic acid groups (broad SMARTS) is 2. The van der Waals surface area contributed by atoms with Crippen LogP contribution >= 0.6 is 0 Å². The van der Waals surface area contributed by atoms with E-state index in [0.29, 0.717) is 24.8 Å². The Bertz CT molecular complexity index is 3280. The fourth-order valence-corrected chi connectivity index (χ4v) is 12.5. The van der Waals surface area contributed by atoms with Gasteiger partial charge in [0.2, 0.25) is 65.0 Å². The molecule has 596 valence electrons. The highest BCUT2D eigenvalue weighted by molar-refractivity contribution is 6.00. The van der Waals surface area contributed by atoms with Crippen LogP contribution in [0, 0.1) is 17.8 Å². The van der Waals surface area contributed by atoms with Gasteiger partial charge in [-0.1, -0.05) is 136 Å². The third-order valence-electron chi connectivity index (χ3n) is 19.4. The topological polar surface area (TPSA) is 513 Å². The number of hydrogen-bond donors (Lipinski definition) is 16. The fourth-order valence-electron chi connectivity index (χ4n) is 12.5. The second-order valence-electron chi connectivity index (χ2n) is 28.7. The number of carbonyl (C=O) groups is 14. The number of aromatic hydroxyl groups is 1. The number of nitrogens with zero attached hydrogens (tertiary/aromatic N) is 1. The lowest BCUT2D eigenvalue weighted by molar-refractivity contribution is -0.144. The van der Waals surface area contributed by atoms with E-state index in [1.54, 1.807) is 27.7 Å². The Kier molecular flexibility index (Phi) is 39.3. The molecule has 0 spiro atoms. The maximum absolute atomic E-state index is 14.9. The van der Waals surface area contributed by atoms with Crippen LogP contribution in [-0.2, 0) is 80.0 Å².